The van der Waals surface area contributed by atoms with Crippen LogP contribution in [0.25, 0.3) is 11.0 Å². The molecule has 0 fully saturated rings. The number of methoxy groups -OCH3 is 1. The Labute approximate surface area is 273 Å². The monoisotopic (exact) mass is 627 g/mol. The van der Waals surface area contributed by atoms with E-state index in [-0.39, 0.29) is 11.7 Å². The number of aryl methyl sites for hydroxylation is 1. The number of carbonyl (C=O) groups excluding carboxylic acids is 2. The zero-order valence-corrected chi connectivity index (χ0v) is 30.0. The summed E-state index contributed by atoms with van der Waals surface area (Å²) in [6, 6.07) is 5.67. The van der Waals surface area contributed by atoms with Gasteiger partial charge in [0.2, 0.25) is 11.7 Å². The summed E-state index contributed by atoms with van der Waals surface area (Å²) >= 11 is 0. The molecule has 254 valence electrons. The van der Waals surface area contributed by atoms with Crippen molar-refractivity contribution in [3.8, 4) is 0 Å². The molecule has 45 heavy (non-hydrogen) atoms. The minimum atomic E-state index is -0.524. The number of fused-ring (bicyclic) bond motifs is 1. The number of hydrogen-bond donors (Lipinski definition) is 1. The Kier molecular flexibility index (Phi) is 18.9. The number of rotatable bonds is 14. The van der Waals surface area contributed by atoms with Crippen molar-refractivity contribution in [2.24, 2.45) is 11.8 Å². The van der Waals surface area contributed by atoms with E-state index >= 15 is 0 Å². The van der Waals surface area contributed by atoms with Gasteiger partial charge in [0, 0.05) is 25.2 Å². The number of anilines is 1. The zero-order chi connectivity index (χ0) is 33.9. The van der Waals surface area contributed by atoms with Crippen molar-refractivity contribution >= 4 is 28.9 Å². The summed E-state index contributed by atoms with van der Waals surface area (Å²) in [6.45, 7) is 27.3. The smallest absolute Gasteiger partial charge is 0.373 e. The highest BCUT2D eigenvalue weighted by Gasteiger charge is 2.21. The van der Waals surface area contributed by atoms with Gasteiger partial charge in [0.1, 0.15) is 0 Å². The number of aromatic nitrogens is 2. The molecule has 0 saturated heterocycles. The van der Waals surface area contributed by atoms with Gasteiger partial charge in [0.15, 0.2) is 5.88 Å². The molecule has 0 atom stereocenters. The van der Waals surface area contributed by atoms with Crippen molar-refractivity contribution < 1.29 is 19.1 Å². The van der Waals surface area contributed by atoms with E-state index in [1.165, 1.54) is 33.2 Å². The summed E-state index contributed by atoms with van der Waals surface area (Å²) in [5.41, 5.74) is 2.31. The van der Waals surface area contributed by atoms with Crippen LogP contribution in [0.1, 0.15) is 105 Å². The molecule has 1 aromatic heterocycles. The minimum Gasteiger partial charge on any atom is -0.463 e. The lowest BCUT2D eigenvalue weighted by Crippen LogP contribution is -2.34. The van der Waals surface area contributed by atoms with Crippen molar-refractivity contribution in [3.05, 3.63) is 47.6 Å². The van der Waals surface area contributed by atoms with E-state index in [0.717, 1.165) is 37.0 Å². The summed E-state index contributed by atoms with van der Waals surface area (Å²) in [4.78, 5) is 34.4. The maximum Gasteiger partial charge on any atom is 0.373 e. The Morgan fingerprint density at radius 1 is 0.956 bits per heavy atom. The average Bonchev–Trinajstić information content (AvgIpc) is 3.37. The van der Waals surface area contributed by atoms with E-state index in [2.05, 4.69) is 72.5 Å². The molecule has 0 radical (unpaired) electrons. The number of hydrogen-bond acceptors (Lipinski definition) is 7. The SMILES string of the molecule is CCC.CCN(CC)CC.CCn1c(NC2=CCC=C(C(=O)OC)O2)nc2ccc(C(=O)N(CCC(C)C)CCC(C)C)cc21. The van der Waals surface area contributed by atoms with E-state index in [0.29, 0.717) is 42.2 Å². The van der Waals surface area contributed by atoms with Crippen molar-refractivity contribution in [2.45, 2.75) is 101 Å². The van der Waals surface area contributed by atoms with Crippen LogP contribution < -0.4 is 5.32 Å². The highest BCUT2D eigenvalue weighted by atomic mass is 16.6. The molecule has 1 aromatic carbocycles. The van der Waals surface area contributed by atoms with Crippen LogP contribution >= 0.6 is 0 Å². The number of nitrogens with zero attached hydrogens (tertiary/aromatic N) is 4. The Bertz CT molecular complexity index is 1210. The van der Waals surface area contributed by atoms with Gasteiger partial charge in [-0.2, -0.15) is 0 Å². The summed E-state index contributed by atoms with van der Waals surface area (Å²) in [7, 11) is 1.32. The van der Waals surface area contributed by atoms with Gasteiger partial charge in [-0.3, -0.25) is 10.1 Å². The molecular weight excluding hydrogens is 566 g/mol. The van der Waals surface area contributed by atoms with Crippen LogP contribution in [-0.4, -0.2) is 71.1 Å². The van der Waals surface area contributed by atoms with Crippen LogP contribution in [0.15, 0.2) is 42.0 Å². The van der Waals surface area contributed by atoms with E-state index in [1.54, 1.807) is 6.08 Å². The molecule has 3 rings (SSSR count). The van der Waals surface area contributed by atoms with Gasteiger partial charge in [-0.25, -0.2) is 9.78 Å². The lowest BCUT2D eigenvalue weighted by Gasteiger charge is -2.24. The maximum absolute atomic E-state index is 13.5. The second-order valence-electron chi connectivity index (χ2n) is 12.0. The number of imidazole rings is 1. The van der Waals surface area contributed by atoms with E-state index in [4.69, 9.17) is 14.5 Å². The van der Waals surface area contributed by atoms with Crippen molar-refractivity contribution in [3.63, 3.8) is 0 Å². The molecule has 0 unspecified atom stereocenters. The third kappa shape index (κ3) is 13.3. The number of ether oxygens (including phenoxy) is 2. The molecular formula is C36H61N5O4. The number of amides is 1. The lowest BCUT2D eigenvalue weighted by atomic mass is 10.1. The number of benzene rings is 1. The standard InChI is InChI=1S/C27H38N4O4.C6H15N.C3H8/c1-7-31-22-17-20(25(32)30(15-13-18(2)3)16-14-19(4)5)11-12-21(22)28-27(31)29-24-10-8-9-23(35-24)26(33)34-6;1-4-7(5-2)6-3;1-3-2/h9-12,17-19H,7-8,13-16H2,1-6H3,(H,28,29);4-6H2,1-3H3;3H2,1-2H3. The molecule has 9 nitrogen and oxygen atoms in total. The van der Waals surface area contributed by atoms with Crippen LogP contribution in [-0.2, 0) is 20.8 Å². The fraction of sp³-hybridized carbons (Fsp3) is 0.639. The minimum absolute atomic E-state index is 0.0535. The first kappa shape index (κ1) is 39.7. The third-order valence-corrected chi connectivity index (χ3v) is 7.34. The second-order valence-corrected chi connectivity index (χ2v) is 12.0. The number of carbonyl (C=O) groups is 2. The number of nitrogens with one attached hydrogen (secondary N) is 1. The normalized spacial score (nSPS) is 12.5. The Morgan fingerprint density at radius 2 is 1.53 bits per heavy atom. The summed E-state index contributed by atoms with van der Waals surface area (Å²) in [5, 5.41) is 3.18. The quantitative estimate of drug-likeness (QED) is 0.212. The molecule has 1 aliphatic heterocycles. The van der Waals surface area contributed by atoms with E-state index < -0.39 is 5.97 Å². The predicted octanol–water partition coefficient (Wildman–Crippen LogP) is 8.09. The summed E-state index contributed by atoms with van der Waals surface area (Å²) in [6.07, 6.45) is 7.25. The van der Waals surface area contributed by atoms with Gasteiger partial charge in [-0.15, -0.1) is 0 Å². The molecule has 0 bridgehead atoms. The molecule has 0 spiro atoms. The first-order chi connectivity index (χ1) is 21.5. The molecule has 1 aliphatic rings. The molecule has 9 heteroatoms. The largest absolute Gasteiger partial charge is 0.463 e. The fourth-order valence-electron chi connectivity index (χ4n) is 4.55. The summed E-state index contributed by atoms with van der Waals surface area (Å²) in [5.74, 6) is 1.75. The van der Waals surface area contributed by atoms with Crippen LogP contribution in [0, 0.1) is 11.8 Å². The van der Waals surface area contributed by atoms with E-state index in [1.807, 2.05) is 40.7 Å². The number of allylic oxidation sites excluding steroid dienone is 2. The van der Waals surface area contributed by atoms with Crippen LogP contribution in [0.4, 0.5) is 5.95 Å². The van der Waals surface area contributed by atoms with Gasteiger partial charge in [0.25, 0.3) is 5.91 Å². The highest BCUT2D eigenvalue weighted by Crippen LogP contribution is 2.25. The van der Waals surface area contributed by atoms with Crippen molar-refractivity contribution in [1.82, 2.24) is 19.4 Å². The molecule has 1 amide bonds. The Morgan fingerprint density at radius 3 is 2.00 bits per heavy atom. The highest BCUT2D eigenvalue weighted by molar-refractivity contribution is 5.98. The molecule has 2 heterocycles. The molecule has 0 saturated carbocycles. The zero-order valence-electron chi connectivity index (χ0n) is 30.0. The van der Waals surface area contributed by atoms with E-state index in [9.17, 15) is 9.59 Å². The van der Waals surface area contributed by atoms with Gasteiger partial charge < -0.3 is 23.8 Å². The molecule has 0 aliphatic carbocycles. The van der Waals surface area contributed by atoms with Gasteiger partial charge in [-0.05, 0) is 88.0 Å². The Hall–Kier alpha value is -3.33. The number of esters is 1. The van der Waals surface area contributed by atoms with Crippen molar-refractivity contribution in [1.29, 1.82) is 0 Å². The van der Waals surface area contributed by atoms with Crippen LogP contribution in [0.2, 0.25) is 0 Å². The average molecular weight is 628 g/mol. The van der Waals surface area contributed by atoms with Crippen LogP contribution in [0.3, 0.4) is 0 Å². The molecule has 2 aromatic rings. The molecule has 1 N–H and O–H groups in total. The third-order valence-electron chi connectivity index (χ3n) is 7.34. The summed E-state index contributed by atoms with van der Waals surface area (Å²) < 4.78 is 12.4. The maximum atomic E-state index is 13.5. The topological polar surface area (TPSA) is 88.9 Å². The van der Waals surface area contributed by atoms with Crippen molar-refractivity contribution in [2.75, 3.05) is 45.2 Å². The lowest BCUT2D eigenvalue weighted by molar-refractivity contribution is -0.139. The fourth-order valence-corrected chi connectivity index (χ4v) is 4.55. The van der Waals surface area contributed by atoms with Crippen LogP contribution in [0.5, 0.6) is 0 Å². The first-order valence-electron chi connectivity index (χ1n) is 16.9. The predicted molar refractivity (Wildman–Crippen MR) is 187 cm³/mol. The Balaban J connectivity index is 0.000000879. The second kappa shape index (κ2) is 21.4. The van der Waals surface area contributed by atoms with Gasteiger partial charge in [-0.1, -0.05) is 68.7 Å². The van der Waals surface area contributed by atoms with Gasteiger partial charge in [0.05, 0.1) is 18.1 Å². The van der Waals surface area contributed by atoms with Gasteiger partial charge >= 0.3 is 5.97 Å². The first-order valence-corrected chi connectivity index (χ1v) is 16.9.